The number of H-pyrrole nitrogens is 1. The molecule has 2 atom stereocenters. The van der Waals surface area contributed by atoms with Gasteiger partial charge in [-0.1, -0.05) is 0 Å². The molecule has 2 N–H and O–H groups in total. The van der Waals surface area contributed by atoms with E-state index in [-0.39, 0.29) is 29.1 Å². The summed E-state index contributed by atoms with van der Waals surface area (Å²) in [4.78, 5) is 30.0. The van der Waals surface area contributed by atoms with Crippen LogP contribution in [0.3, 0.4) is 0 Å². The monoisotopic (exact) mass is 317 g/mol. The molecule has 6 nitrogen and oxygen atoms in total. The minimum Gasteiger partial charge on any atom is -0.378 e. The third kappa shape index (κ3) is 2.81. The van der Waals surface area contributed by atoms with Gasteiger partial charge in [-0.3, -0.25) is 14.5 Å². The van der Waals surface area contributed by atoms with Crippen molar-refractivity contribution in [1.29, 1.82) is 0 Å². The molecule has 1 aromatic heterocycles. The fraction of sp³-hybridized carbons (Fsp3) is 0.647. The molecule has 1 aliphatic carbocycles. The van der Waals surface area contributed by atoms with E-state index in [1.807, 2.05) is 0 Å². The fourth-order valence-corrected chi connectivity index (χ4v) is 4.04. The third-order valence-corrected chi connectivity index (χ3v) is 5.31. The molecule has 0 bridgehead atoms. The predicted octanol–water partition coefficient (Wildman–Crippen LogP) is 0.457. The van der Waals surface area contributed by atoms with Crippen LogP contribution in [0.5, 0.6) is 0 Å². The molecule has 4 rings (SSSR count). The van der Waals surface area contributed by atoms with Gasteiger partial charge in [0.1, 0.15) is 5.56 Å². The molecule has 6 heteroatoms. The molecule has 0 radical (unpaired) electrons. The summed E-state index contributed by atoms with van der Waals surface area (Å²) < 4.78 is 5.58. The summed E-state index contributed by atoms with van der Waals surface area (Å²) in [6, 6.07) is 1.97. The highest BCUT2D eigenvalue weighted by molar-refractivity contribution is 5.94. The normalized spacial score (nSPS) is 27.3. The van der Waals surface area contributed by atoms with Crippen molar-refractivity contribution < 1.29 is 9.53 Å². The Labute approximate surface area is 135 Å². The lowest BCUT2D eigenvalue weighted by Gasteiger charge is -2.27. The maximum Gasteiger partial charge on any atom is 0.261 e. The molecule has 3 heterocycles. The Bertz CT molecular complexity index is 664. The number of nitrogens with zero attached hydrogens (tertiary/aromatic N) is 1. The van der Waals surface area contributed by atoms with Gasteiger partial charge in [0.2, 0.25) is 0 Å². The first-order chi connectivity index (χ1) is 11.2. The first-order valence-corrected chi connectivity index (χ1v) is 8.60. The summed E-state index contributed by atoms with van der Waals surface area (Å²) in [5, 5.41) is 3.03. The van der Waals surface area contributed by atoms with E-state index in [2.05, 4.69) is 15.2 Å². The SMILES string of the molecule is O=C(N[C@H]1COC[C@@H]1N1CCCC1)c1cc2c([nH]c1=O)CCC2. The number of aromatic nitrogens is 1. The topological polar surface area (TPSA) is 74.4 Å². The minimum absolute atomic E-state index is 0.0340. The number of carbonyl (C=O) groups excluding carboxylic acids is 1. The number of fused-ring (bicyclic) bond motifs is 1. The van der Waals surface area contributed by atoms with Crippen LogP contribution in [-0.2, 0) is 17.6 Å². The van der Waals surface area contributed by atoms with Crippen LogP contribution in [0.25, 0.3) is 0 Å². The second-order valence-electron chi connectivity index (χ2n) is 6.80. The first kappa shape index (κ1) is 14.9. The molecule has 2 fully saturated rings. The number of ether oxygens (including phenoxy) is 1. The maximum atomic E-state index is 12.6. The number of hydrogen-bond donors (Lipinski definition) is 2. The average Bonchev–Trinajstić information content (AvgIpc) is 3.26. The van der Waals surface area contributed by atoms with E-state index >= 15 is 0 Å². The highest BCUT2D eigenvalue weighted by Crippen LogP contribution is 2.21. The summed E-state index contributed by atoms with van der Waals surface area (Å²) in [6.07, 6.45) is 5.31. The van der Waals surface area contributed by atoms with Crippen molar-refractivity contribution in [3.8, 4) is 0 Å². The number of aromatic amines is 1. The van der Waals surface area contributed by atoms with Crippen LogP contribution in [0, 0.1) is 0 Å². The summed E-state index contributed by atoms with van der Waals surface area (Å²) in [7, 11) is 0. The number of pyridine rings is 1. The van der Waals surface area contributed by atoms with Gasteiger partial charge in [0.15, 0.2) is 0 Å². The third-order valence-electron chi connectivity index (χ3n) is 5.31. The van der Waals surface area contributed by atoms with Crippen molar-refractivity contribution in [2.45, 2.75) is 44.2 Å². The van der Waals surface area contributed by atoms with Gasteiger partial charge in [0, 0.05) is 5.69 Å². The summed E-state index contributed by atoms with van der Waals surface area (Å²) in [6.45, 7) is 3.32. The summed E-state index contributed by atoms with van der Waals surface area (Å²) in [5.41, 5.74) is 2.05. The van der Waals surface area contributed by atoms with Crippen LogP contribution in [0.2, 0.25) is 0 Å². The Morgan fingerprint density at radius 2 is 2.04 bits per heavy atom. The lowest BCUT2D eigenvalue weighted by molar-refractivity contribution is 0.0915. The van der Waals surface area contributed by atoms with Crippen molar-refractivity contribution in [2.75, 3.05) is 26.3 Å². The van der Waals surface area contributed by atoms with Gasteiger partial charge < -0.3 is 15.0 Å². The fourth-order valence-electron chi connectivity index (χ4n) is 4.04. The van der Waals surface area contributed by atoms with Gasteiger partial charge in [-0.25, -0.2) is 0 Å². The van der Waals surface area contributed by atoms with Crippen LogP contribution in [0.1, 0.15) is 40.9 Å². The standard InChI is InChI=1S/C17H23N3O3/c21-16-12(8-11-4-3-5-13(11)18-16)17(22)19-14-9-23-10-15(14)20-6-1-2-7-20/h8,14-15H,1-7,9-10H2,(H,18,21)(H,19,22)/t14-,15-/m0/s1. The lowest BCUT2D eigenvalue weighted by Crippen LogP contribution is -2.50. The van der Waals surface area contributed by atoms with Gasteiger partial charge in [-0.05, 0) is 56.8 Å². The van der Waals surface area contributed by atoms with E-state index in [0.717, 1.165) is 43.6 Å². The van der Waals surface area contributed by atoms with Crippen LogP contribution >= 0.6 is 0 Å². The van der Waals surface area contributed by atoms with Crippen molar-refractivity contribution in [1.82, 2.24) is 15.2 Å². The van der Waals surface area contributed by atoms with Crippen molar-refractivity contribution in [3.63, 3.8) is 0 Å². The zero-order valence-electron chi connectivity index (χ0n) is 13.3. The molecule has 0 spiro atoms. The molecule has 2 aliphatic heterocycles. The van der Waals surface area contributed by atoms with E-state index in [4.69, 9.17) is 4.74 Å². The van der Waals surface area contributed by atoms with Crippen LogP contribution in [0.4, 0.5) is 0 Å². The van der Waals surface area contributed by atoms with Gasteiger partial charge in [0.05, 0.1) is 25.3 Å². The number of amides is 1. The van der Waals surface area contributed by atoms with Crippen LogP contribution in [0.15, 0.2) is 10.9 Å². The lowest BCUT2D eigenvalue weighted by atomic mass is 10.1. The molecule has 2 saturated heterocycles. The molecule has 0 unspecified atom stereocenters. The zero-order chi connectivity index (χ0) is 15.8. The van der Waals surface area contributed by atoms with E-state index in [1.165, 1.54) is 12.8 Å². The Balaban J connectivity index is 1.50. The highest BCUT2D eigenvalue weighted by Gasteiger charge is 2.35. The molecule has 0 saturated carbocycles. The number of likely N-dealkylation sites (tertiary alicyclic amines) is 1. The highest BCUT2D eigenvalue weighted by atomic mass is 16.5. The first-order valence-electron chi connectivity index (χ1n) is 8.60. The number of nitrogens with one attached hydrogen (secondary N) is 2. The molecule has 1 amide bonds. The van der Waals surface area contributed by atoms with Crippen LogP contribution in [-0.4, -0.2) is 54.2 Å². The zero-order valence-corrected chi connectivity index (χ0v) is 13.3. The maximum absolute atomic E-state index is 12.6. The summed E-state index contributed by atoms with van der Waals surface area (Å²) >= 11 is 0. The number of carbonyl (C=O) groups is 1. The van der Waals surface area contributed by atoms with Gasteiger partial charge in [0.25, 0.3) is 11.5 Å². The quantitative estimate of drug-likeness (QED) is 0.849. The van der Waals surface area contributed by atoms with Gasteiger partial charge in [-0.15, -0.1) is 0 Å². The largest absolute Gasteiger partial charge is 0.378 e. The smallest absolute Gasteiger partial charge is 0.261 e. The number of rotatable bonds is 3. The number of hydrogen-bond acceptors (Lipinski definition) is 4. The van der Waals surface area contributed by atoms with Crippen LogP contribution < -0.4 is 10.9 Å². The second kappa shape index (κ2) is 6.09. The van der Waals surface area contributed by atoms with Crippen molar-refractivity contribution in [2.24, 2.45) is 0 Å². The Morgan fingerprint density at radius 1 is 1.22 bits per heavy atom. The van der Waals surface area contributed by atoms with Crippen molar-refractivity contribution in [3.05, 3.63) is 33.2 Å². The van der Waals surface area contributed by atoms with E-state index in [9.17, 15) is 9.59 Å². The Kier molecular flexibility index (Phi) is 3.95. The van der Waals surface area contributed by atoms with Crippen molar-refractivity contribution >= 4 is 5.91 Å². The van der Waals surface area contributed by atoms with Gasteiger partial charge >= 0.3 is 0 Å². The average molecular weight is 317 g/mol. The molecular formula is C17H23N3O3. The van der Waals surface area contributed by atoms with Gasteiger partial charge in [-0.2, -0.15) is 0 Å². The molecule has 1 aromatic rings. The second-order valence-corrected chi connectivity index (χ2v) is 6.80. The Hall–Kier alpha value is -1.66. The van der Waals surface area contributed by atoms with E-state index in [1.54, 1.807) is 6.07 Å². The molecule has 0 aromatic carbocycles. The molecule has 3 aliphatic rings. The minimum atomic E-state index is -0.278. The Morgan fingerprint density at radius 3 is 2.87 bits per heavy atom. The number of aryl methyl sites for hydroxylation is 2. The van der Waals surface area contributed by atoms with E-state index < -0.39 is 0 Å². The molecule has 23 heavy (non-hydrogen) atoms. The molecular weight excluding hydrogens is 294 g/mol. The molecule has 124 valence electrons. The van der Waals surface area contributed by atoms with E-state index in [0.29, 0.717) is 13.2 Å². The summed E-state index contributed by atoms with van der Waals surface area (Å²) in [5.74, 6) is -0.277. The predicted molar refractivity (Wildman–Crippen MR) is 85.8 cm³/mol.